The average Bonchev–Trinajstić information content (AvgIpc) is 1.94. The molecule has 0 nitrogen and oxygen atoms in total. The van der Waals surface area contributed by atoms with Gasteiger partial charge in [-0.3, -0.25) is 0 Å². The van der Waals surface area contributed by atoms with Crippen LogP contribution in [0.5, 0.6) is 0 Å². The number of alkyl halides is 1. The first-order valence-electron chi connectivity index (χ1n) is 3.82. The minimum absolute atomic E-state index is 0.00509. The van der Waals surface area contributed by atoms with Crippen molar-refractivity contribution in [3.8, 4) is 0 Å². The lowest BCUT2D eigenvalue weighted by Gasteiger charge is -2.19. The zero-order valence-corrected chi connectivity index (χ0v) is 7.53. The van der Waals surface area contributed by atoms with Crippen LogP contribution in [-0.2, 0) is 0 Å². The van der Waals surface area contributed by atoms with E-state index >= 15 is 0 Å². The van der Waals surface area contributed by atoms with E-state index in [0.717, 1.165) is 5.57 Å². The van der Waals surface area contributed by atoms with Crippen molar-refractivity contribution >= 4 is 11.6 Å². The highest BCUT2D eigenvalue weighted by atomic mass is 35.5. The van der Waals surface area contributed by atoms with E-state index in [2.05, 4.69) is 0 Å². The molecule has 0 N–H and O–H groups in total. The van der Waals surface area contributed by atoms with Gasteiger partial charge in [-0.25, -0.2) is 4.39 Å². The molecule has 0 aliphatic heterocycles. The van der Waals surface area contributed by atoms with Crippen LogP contribution < -0.4 is 0 Å². The predicted molar refractivity (Wildman–Crippen MR) is 46.4 cm³/mol. The number of allylic oxidation sites excluding steroid dienone is 4. The molecule has 1 aliphatic rings. The Morgan fingerprint density at radius 3 is 2.73 bits per heavy atom. The summed E-state index contributed by atoms with van der Waals surface area (Å²) < 4.78 is 12.7. The van der Waals surface area contributed by atoms with E-state index in [1.807, 2.05) is 13.8 Å². The summed E-state index contributed by atoms with van der Waals surface area (Å²) in [4.78, 5) is 0. The smallest absolute Gasteiger partial charge is 0.119 e. The number of halogens is 2. The molecule has 0 radical (unpaired) electrons. The molecule has 0 saturated carbocycles. The monoisotopic (exact) mass is 174 g/mol. The summed E-state index contributed by atoms with van der Waals surface area (Å²) in [7, 11) is 0. The number of hydrogen-bond acceptors (Lipinski definition) is 0. The zero-order valence-electron chi connectivity index (χ0n) is 6.77. The van der Waals surface area contributed by atoms with E-state index in [4.69, 9.17) is 11.6 Å². The van der Waals surface area contributed by atoms with Crippen LogP contribution in [0.25, 0.3) is 0 Å². The Bertz CT molecular complexity index is 204. The number of rotatable bonds is 1. The molecule has 1 atom stereocenters. The Balaban J connectivity index is 2.81. The van der Waals surface area contributed by atoms with Crippen LogP contribution in [0.3, 0.4) is 0 Å². The number of hydrogen-bond donors (Lipinski definition) is 0. The van der Waals surface area contributed by atoms with Crippen LogP contribution >= 0.6 is 11.6 Å². The molecule has 0 fully saturated rings. The molecule has 0 heterocycles. The van der Waals surface area contributed by atoms with Crippen molar-refractivity contribution in [3.05, 3.63) is 23.6 Å². The van der Waals surface area contributed by atoms with Gasteiger partial charge in [0.1, 0.15) is 5.83 Å². The van der Waals surface area contributed by atoms with Crippen molar-refractivity contribution in [3.63, 3.8) is 0 Å². The van der Waals surface area contributed by atoms with Gasteiger partial charge in [0.15, 0.2) is 0 Å². The highest BCUT2D eigenvalue weighted by molar-refractivity contribution is 6.22. The highest BCUT2D eigenvalue weighted by Crippen LogP contribution is 2.28. The first-order valence-corrected chi connectivity index (χ1v) is 4.26. The van der Waals surface area contributed by atoms with Crippen molar-refractivity contribution in [2.75, 3.05) is 0 Å². The minimum Gasteiger partial charge on any atom is -0.207 e. The van der Waals surface area contributed by atoms with Gasteiger partial charge in [-0.15, -0.1) is 11.6 Å². The Morgan fingerprint density at radius 2 is 2.27 bits per heavy atom. The molecule has 0 aromatic rings. The largest absolute Gasteiger partial charge is 0.207 e. The van der Waals surface area contributed by atoms with E-state index < -0.39 is 0 Å². The van der Waals surface area contributed by atoms with E-state index in [1.165, 1.54) is 6.08 Å². The highest BCUT2D eigenvalue weighted by Gasteiger charge is 2.17. The molecule has 0 aromatic heterocycles. The van der Waals surface area contributed by atoms with Crippen molar-refractivity contribution in [1.82, 2.24) is 0 Å². The van der Waals surface area contributed by atoms with Crippen molar-refractivity contribution in [2.24, 2.45) is 5.92 Å². The fraction of sp³-hybridized carbons (Fsp3) is 0.556. The molecule has 11 heavy (non-hydrogen) atoms. The van der Waals surface area contributed by atoms with E-state index in [0.29, 0.717) is 12.3 Å². The quantitative estimate of drug-likeness (QED) is 0.535. The van der Waals surface area contributed by atoms with Crippen LogP contribution in [0.1, 0.15) is 20.3 Å². The molecule has 0 amide bonds. The summed E-state index contributed by atoms with van der Waals surface area (Å²) >= 11 is 5.96. The molecular weight excluding hydrogens is 163 g/mol. The third-order valence-corrected chi connectivity index (χ3v) is 2.28. The van der Waals surface area contributed by atoms with Crippen LogP contribution in [0, 0.1) is 5.92 Å². The predicted octanol–water partition coefficient (Wildman–Crippen LogP) is 3.43. The second kappa shape index (κ2) is 3.40. The van der Waals surface area contributed by atoms with Gasteiger partial charge in [0.2, 0.25) is 0 Å². The third kappa shape index (κ3) is 2.06. The first-order chi connectivity index (χ1) is 5.11. The van der Waals surface area contributed by atoms with Crippen molar-refractivity contribution in [2.45, 2.75) is 25.6 Å². The van der Waals surface area contributed by atoms with Gasteiger partial charge in [-0.05, 0) is 30.1 Å². The molecule has 0 saturated heterocycles. The standard InChI is InChI=1S/C9H12ClF/c1-6(2)8-5-7(11)3-4-9(8)10/h3,5-6,9H,4H2,1-2H3. The Labute approximate surface area is 71.7 Å². The van der Waals surface area contributed by atoms with Crippen molar-refractivity contribution < 1.29 is 4.39 Å². The van der Waals surface area contributed by atoms with Gasteiger partial charge < -0.3 is 0 Å². The fourth-order valence-electron chi connectivity index (χ4n) is 1.19. The SMILES string of the molecule is CC(C)C1=CC(F)=CCC1Cl. The molecule has 0 aromatic carbocycles. The van der Waals surface area contributed by atoms with E-state index in [9.17, 15) is 4.39 Å². The second-order valence-electron chi connectivity index (χ2n) is 3.09. The second-order valence-corrected chi connectivity index (χ2v) is 3.62. The lowest BCUT2D eigenvalue weighted by Crippen LogP contribution is -2.11. The summed E-state index contributed by atoms with van der Waals surface area (Å²) in [5.74, 6) is 0.197. The lowest BCUT2D eigenvalue weighted by molar-refractivity contribution is 0.626. The molecular formula is C9H12ClF. The van der Waals surface area contributed by atoms with E-state index in [-0.39, 0.29) is 11.2 Å². The van der Waals surface area contributed by atoms with Gasteiger partial charge >= 0.3 is 0 Å². The van der Waals surface area contributed by atoms with Crippen LogP contribution in [0.4, 0.5) is 4.39 Å². The molecule has 2 heteroatoms. The van der Waals surface area contributed by atoms with Gasteiger partial charge in [0.05, 0.1) is 5.38 Å². The zero-order chi connectivity index (χ0) is 8.43. The average molecular weight is 175 g/mol. The summed E-state index contributed by atoms with van der Waals surface area (Å²) in [6.07, 6.45) is 3.70. The third-order valence-electron chi connectivity index (χ3n) is 1.85. The van der Waals surface area contributed by atoms with Crippen molar-refractivity contribution in [1.29, 1.82) is 0 Å². The van der Waals surface area contributed by atoms with Crippen LogP contribution in [-0.4, -0.2) is 5.38 Å². The maximum Gasteiger partial charge on any atom is 0.119 e. The molecule has 0 bridgehead atoms. The van der Waals surface area contributed by atoms with Crippen LogP contribution in [0.15, 0.2) is 23.6 Å². The lowest BCUT2D eigenvalue weighted by atomic mass is 9.94. The molecule has 1 aliphatic carbocycles. The summed E-state index contributed by atoms with van der Waals surface area (Å²) in [5.41, 5.74) is 1.01. The molecule has 62 valence electrons. The van der Waals surface area contributed by atoms with E-state index in [1.54, 1.807) is 6.08 Å². The molecule has 1 rings (SSSR count). The maximum atomic E-state index is 12.7. The van der Waals surface area contributed by atoms with Gasteiger partial charge in [0, 0.05) is 0 Å². The van der Waals surface area contributed by atoms with Gasteiger partial charge in [-0.1, -0.05) is 13.8 Å². The van der Waals surface area contributed by atoms with Gasteiger partial charge in [-0.2, -0.15) is 0 Å². The molecule has 1 unspecified atom stereocenters. The minimum atomic E-state index is -0.148. The maximum absolute atomic E-state index is 12.7. The normalized spacial score (nSPS) is 25.0. The molecule has 0 spiro atoms. The Kier molecular flexibility index (Phi) is 2.72. The van der Waals surface area contributed by atoms with Gasteiger partial charge in [0.25, 0.3) is 0 Å². The summed E-state index contributed by atoms with van der Waals surface area (Å²) in [6.45, 7) is 4.06. The Morgan fingerprint density at radius 1 is 1.64 bits per heavy atom. The summed E-state index contributed by atoms with van der Waals surface area (Å²) in [6, 6.07) is 0. The fourth-order valence-corrected chi connectivity index (χ4v) is 1.59. The first kappa shape index (κ1) is 8.79. The summed E-state index contributed by atoms with van der Waals surface area (Å²) in [5, 5.41) is -0.00509. The van der Waals surface area contributed by atoms with Crippen LogP contribution in [0.2, 0.25) is 0 Å². The Hall–Kier alpha value is -0.300. The topological polar surface area (TPSA) is 0 Å².